The van der Waals surface area contributed by atoms with Crippen molar-refractivity contribution in [2.24, 2.45) is 0 Å². The molecule has 17 heteroatoms. The largest absolute Gasteiger partial charge is 0.508 e. The van der Waals surface area contributed by atoms with E-state index in [2.05, 4.69) is 21.3 Å². The molecule has 316 valence electrons. The highest BCUT2D eigenvalue weighted by Crippen LogP contribution is 2.18. The van der Waals surface area contributed by atoms with Gasteiger partial charge in [0.15, 0.2) is 0 Å². The first kappa shape index (κ1) is 46.6. The molecule has 0 aliphatic carbocycles. The van der Waals surface area contributed by atoms with Gasteiger partial charge in [0, 0.05) is 24.0 Å². The summed E-state index contributed by atoms with van der Waals surface area (Å²) in [7, 11) is 0. The van der Waals surface area contributed by atoms with Crippen LogP contribution in [0.1, 0.15) is 72.4 Å². The van der Waals surface area contributed by atoms with Crippen molar-refractivity contribution in [1.82, 2.24) is 21.3 Å². The normalized spacial score (nSPS) is 12.6. The van der Waals surface area contributed by atoms with E-state index in [1.54, 1.807) is 88.4 Å². The molecule has 17 nitrogen and oxygen atoms in total. The number of phenolic OH excluding ortho intramolecular Hbond substituents is 1. The number of esters is 4. The number of aromatic hydroxyl groups is 1. The van der Waals surface area contributed by atoms with E-state index in [1.165, 1.54) is 0 Å². The molecular formula is C42H50N4O13. The quantitative estimate of drug-likeness (QED) is 0.0722. The van der Waals surface area contributed by atoms with E-state index in [-0.39, 0.29) is 50.4 Å². The highest BCUT2D eigenvalue weighted by molar-refractivity contribution is 6.03. The van der Waals surface area contributed by atoms with Gasteiger partial charge in [-0.2, -0.15) is 0 Å². The summed E-state index contributed by atoms with van der Waals surface area (Å²) in [6.45, 7) is 6.27. The zero-order valence-corrected chi connectivity index (χ0v) is 33.3. The molecule has 0 bridgehead atoms. The lowest BCUT2D eigenvalue weighted by molar-refractivity contribution is -0.153. The van der Waals surface area contributed by atoms with E-state index < -0.39 is 90.3 Å². The minimum atomic E-state index is -1.44. The number of carbonyl (C=O) groups is 8. The number of ether oxygens (including phenoxy) is 4. The Balaban J connectivity index is 1.91. The van der Waals surface area contributed by atoms with Crippen molar-refractivity contribution in [3.8, 4) is 5.75 Å². The van der Waals surface area contributed by atoms with Crippen LogP contribution in [0.2, 0.25) is 0 Å². The maximum atomic E-state index is 13.8. The summed E-state index contributed by atoms with van der Waals surface area (Å²) in [5.74, 6) is -7.32. The van der Waals surface area contributed by atoms with Crippen molar-refractivity contribution in [2.45, 2.75) is 77.5 Å². The summed E-state index contributed by atoms with van der Waals surface area (Å²) in [5.41, 5.74) is 0.736. The van der Waals surface area contributed by atoms with Gasteiger partial charge in [0.05, 0.1) is 39.3 Å². The van der Waals surface area contributed by atoms with Gasteiger partial charge < -0.3 is 45.3 Å². The Labute approximate surface area is 341 Å². The van der Waals surface area contributed by atoms with Gasteiger partial charge in [-0.3, -0.25) is 28.8 Å². The molecule has 3 aromatic rings. The Morgan fingerprint density at radius 1 is 0.492 bits per heavy atom. The van der Waals surface area contributed by atoms with E-state index in [4.69, 9.17) is 18.9 Å². The molecule has 3 aromatic carbocycles. The molecule has 0 spiro atoms. The fourth-order valence-corrected chi connectivity index (χ4v) is 5.66. The third kappa shape index (κ3) is 15.6. The van der Waals surface area contributed by atoms with Crippen LogP contribution in [0.5, 0.6) is 5.75 Å². The topological polar surface area (TPSA) is 242 Å². The van der Waals surface area contributed by atoms with Crippen LogP contribution >= 0.6 is 0 Å². The van der Waals surface area contributed by atoms with Crippen LogP contribution < -0.4 is 21.3 Å². The molecule has 0 heterocycles. The van der Waals surface area contributed by atoms with Crippen molar-refractivity contribution < 1.29 is 62.4 Å². The molecule has 0 aliphatic heterocycles. The van der Waals surface area contributed by atoms with E-state index in [9.17, 15) is 43.5 Å². The number of benzene rings is 3. The van der Waals surface area contributed by atoms with Gasteiger partial charge in [0.25, 0.3) is 11.8 Å². The lowest BCUT2D eigenvalue weighted by Crippen LogP contribution is -2.53. The van der Waals surface area contributed by atoms with Gasteiger partial charge >= 0.3 is 23.9 Å². The number of carbonyl (C=O) groups excluding carboxylic acids is 8. The van der Waals surface area contributed by atoms with Crippen LogP contribution in [0.15, 0.2) is 78.9 Å². The van der Waals surface area contributed by atoms with E-state index >= 15 is 0 Å². The van der Waals surface area contributed by atoms with Crippen molar-refractivity contribution in [3.05, 3.63) is 101 Å². The van der Waals surface area contributed by atoms with E-state index in [0.717, 1.165) is 18.2 Å². The highest BCUT2D eigenvalue weighted by Gasteiger charge is 2.32. The van der Waals surface area contributed by atoms with Crippen LogP contribution in [-0.2, 0) is 60.6 Å². The SMILES string of the molecule is CCOC(=O)C[C@H](NC(=O)[C@H](Cc1ccccc1)NC(=O)c1cc(O)cc(C(=O)N[C@@H](Cc2ccccc2)C(=O)N[C@@H](CC(=O)OCC)C(=O)OCC)c1)C(=O)OCC. The second-order valence-corrected chi connectivity index (χ2v) is 12.8. The fourth-order valence-electron chi connectivity index (χ4n) is 5.66. The number of hydrogen-bond acceptors (Lipinski definition) is 13. The second-order valence-electron chi connectivity index (χ2n) is 12.8. The third-order valence-corrected chi connectivity index (χ3v) is 8.38. The molecule has 0 saturated heterocycles. The Hall–Kier alpha value is -6.78. The minimum absolute atomic E-state index is 0.0346. The van der Waals surface area contributed by atoms with E-state index in [0.29, 0.717) is 11.1 Å². The maximum Gasteiger partial charge on any atom is 0.329 e. The molecule has 0 unspecified atom stereocenters. The Morgan fingerprint density at radius 2 is 0.847 bits per heavy atom. The van der Waals surface area contributed by atoms with Gasteiger partial charge in [0.1, 0.15) is 29.9 Å². The van der Waals surface area contributed by atoms with Crippen LogP contribution in [-0.4, -0.2) is 103 Å². The fraction of sp³-hybridized carbons (Fsp3) is 0.381. The Bertz CT molecular complexity index is 1790. The summed E-state index contributed by atoms with van der Waals surface area (Å²) in [6.07, 6.45) is -1.21. The first-order chi connectivity index (χ1) is 28.3. The highest BCUT2D eigenvalue weighted by atomic mass is 16.5. The monoisotopic (exact) mass is 818 g/mol. The summed E-state index contributed by atoms with van der Waals surface area (Å²) in [5, 5.41) is 20.8. The van der Waals surface area contributed by atoms with Gasteiger partial charge in [0.2, 0.25) is 11.8 Å². The molecule has 0 aromatic heterocycles. The van der Waals surface area contributed by atoms with Crippen LogP contribution in [0, 0.1) is 0 Å². The zero-order chi connectivity index (χ0) is 43.3. The lowest BCUT2D eigenvalue weighted by atomic mass is 10.0. The van der Waals surface area contributed by atoms with Gasteiger partial charge in [-0.05, 0) is 57.0 Å². The van der Waals surface area contributed by atoms with Gasteiger partial charge in [-0.1, -0.05) is 60.7 Å². The van der Waals surface area contributed by atoms with Gasteiger partial charge in [-0.15, -0.1) is 0 Å². The molecule has 0 radical (unpaired) electrons. The summed E-state index contributed by atoms with van der Waals surface area (Å²) >= 11 is 0. The number of nitrogens with one attached hydrogen (secondary N) is 4. The second kappa shape index (κ2) is 24.1. The number of phenols is 1. The molecule has 0 fully saturated rings. The van der Waals surface area contributed by atoms with Crippen LogP contribution in [0.25, 0.3) is 0 Å². The van der Waals surface area contributed by atoms with Crippen LogP contribution in [0.3, 0.4) is 0 Å². The molecule has 5 N–H and O–H groups in total. The number of hydrogen-bond donors (Lipinski definition) is 5. The van der Waals surface area contributed by atoms with Gasteiger partial charge in [-0.25, -0.2) is 9.59 Å². The Kier molecular flexibility index (Phi) is 19.0. The van der Waals surface area contributed by atoms with Crippen molar-refractivity contribution >= 4 is 47.5 Å². The van der Waals surface area contributed by atoms with Crippen molar-refractivity contribution in [3.63, 3.8) is 0 Å². The van der Waals surface area contributed by atoms with Crippen molar-refractivity contribution in [1.29, 1.82) is 0 Å². The first-order valence-corrected chi connectivity index (χ1v) is 19.1. The summed E-state index contributed by atoms with van der Waals surface area (Å²) < 4.78 is 20.0. The number of amides is 4. The Morgan fingerprint density at radius 3 is 1.19 bits per heavy atom. The van der Waals surface area contributed by atoms with Crippen LogP contribution in [0.4, 0.5) is 0 Å². The number of rotatable bonds is 22. The van der Waals surface area contributed by atoms with Crippen molar-refractivity contribution in [2.75, 3.05) is 26.4 Å². The molecule has 0 aliphatic rings. The molecule has 4 amide bonds. The molecule has 4 atom stereocenters. The maximum absolute atomic E-state index is 13.8. The zero-order valence-electron chi connectivity index (χ0n) is 33.3. The third-order valence-electron chi connectivity index (χ3n) is 8.38. The predicted molar refractivity (Wildman–Crippen MR) is 211 cm³/mol. The predicted octanol–water partition coefficient (Wildman–Crippen LogP) is 2.08. The molecular weight excluding hydrogens is 768 g/mol. The summed E-state index contributed by atoms with van der Waals surface area (Å²) in [6, 6.07) is 14.9. The first-order valence-electron chi connectivity index (χ1n) is 19.1. The van der Waals surface area contributed by atoms with E-state index in [1.807, 2.05) is 0 Å². The smallest absolute Gasteiger partial charge is 0.329 e. The lowest BCUT2D eigenvalue weighted by Gasteiger charge is -2.23. The average molecular weight is 819 g/mol. The minimum Gasteiger partial charge on any atom is -0.508 e. The molecule has 0 saturated carbocycles. The average Bonchev–Trinajstić information content (AvgIpc) is 3.20. The molecule has 59 heavy (non-hydrogen) atoms. The standard InChI is InChI=1S/C42H50N4O13/c1-5-56-35(48)24-33(41(54)58-7-3)45-39(52)31(19-26-15-11-9-12-16-26)43-37(50)28-21-29(23-30(47)22-28)38(51)44-32(20-27-17-13-10-14-18-27)40(53)46-34(42(55)59-8-4)25-36(49)57-6-2/h9-18,21-23,31-34,47H,5-8,19-20,24-25H2,1-4H3,(H,43,50)(H,44,51)(H,45,52)(H,46,53)/t31-,32-,33-,34-/m0/s1. The summed E-state index contributed by atoms with van der Waals surface area (Å²) in [4.78, 5) is 105. The molecule has 3 rings (SSSR count).